The first-order chi connectivity index (χ1) is 9.26. The average molecular weight is 293 g/mol. The van der Waals surface area contributed by atoms with E-state index in [0.717, 1.165) is 16.3 Å². The van der Waals surface area contributed by atoms with Gasteiger partial charge in [-0.25, -0.2) is 4.98 Å². The second-order valence-corrected chi connectivity index (χ2v) is 6.53. The first kappa shape index (κ1) is 14.7. The number of rotatable bonds is 4. The molecule has 0 unspecified atom stereocenters. The second-order valence-electron chi connectivity index (χ2n) is 5.47. The zero-order valence-corrected chi connectivity index (χ0v) is 12.9. The fraction of sp³-hybridized carbons (Fsp3) is 0.429. The van der Waals surface area contributed by atoms with Crippen LogP contribution >= 0.6 is 11.3 Å². The predicted octanol–water partition coefficient (Wildman–Crippen LogP) is 1.96. The third-order valence-corrected chi connectivity index (χ3v) is 3.61. The number of hydrogen-bond donors (Lipinski definition) is 2. The smallest absolute Gasteiger partial charge is 0.268 e. The molecule has 0 saturated carbocycles. The van der Waals surface area contributed by atoms with Gasteiger partial charge in [-0.3, -0.25) is 4.79 Å². The summed E-state index contributed by atoms with van der Waals surface area (Å²) in [6, 6.07) is 1.81. The first-order valence-corrected chi connectivity index (χ1v) is 7.24. The Hall–Kier alpha value is -1.66. The van der Waals surface area contributed by atoms with Gasteiger partial charge in [0.05, 0.1) is 16.3 Å². The maximum absolute atomic E-state index is 12.1. The molecule has 2 aromatic rings. The van der Waals surface area contributed by atoms with Gasteiger partial charge in [-0.15, -0.1) is 11.3 Å². The van der Waals surface area contributed by atoms with Crippen LogP contribution in [0.2, 0.25) is 0 Å². The Morgan fingerprint density at radius 1 is 1.55 bits per heavy atom. The van der Waals surface area contributed by atoms with E-state index in [-0.39, 0.29) is 12.5 Å². The maximum Gasteiger partial charge on any atom is 0.268 e. The van der Waals surface area contributed by atoms with Crippen LogP contribution in [-0.2, 0) is 7.05 Å². The molecule has 0 saturated heterocycles. The quantitative estimate of drug-likeness (QED) is 0.905. The van der Waals surface area contributed by atoms with Crippen molar-refractivity contribution >= 4 is 17.2 Å². The molecule has 0 aliphatic carbocycles. The minimum atomic E-state index is -0.921. The lowest BCUT2D eigenvalue weighted by Crippen LogP contribution is -2.38. The SMILES string of the molecule is Cc1nc(-c2cc(C(=O)NCC(C)(C)O)n(C)c2)cs1. The predicted molar refractivity (Wildman–Crippen MR) is 79.9 cm³/mol. The van der Waals surface area contributed by atoms with Crippen LogP contribution in [0.4, 0.5) is 0 Å². The van der Waals surface area contributed by atoms with Gasteiger partial charge < -0.3 is 15.0 Å². The fourth-order valence-corrected chi connectivity index (χ4v) is 2.44. The van der Waals surface area contributed by atoms with Crippen molar-refractivity contribution in [2.45, 2.75) is 26.4 Å². The molecule has 2 aromatic heterocycles. The summed E-state index contributed by atoms with van der Waals surface area (Å²) in [6.07, 6.45) is 1.88. The van der Waals surface area contributed by atoms with E-state index in [0.29, 0.717) is 5.69 Å². The first-order valence-electron chi connectivity index (χ1n) is 6.36. The lowest BCUT2D eigenvalue weighted by molar-refractivity contribution is 0.0690. The topological polar surface area (TPSA) is 67.2 Å². The van der Waals surface area contributed by atoms with Gasteiger partial charge in [-0.05, 0) is 26.8 Å². The third kappa shape index (κ3) is 3.46. The zero-order chi connectivity index (χ0) is 14.9. The molecule has 2 heterocycles. The molecule has 0 aliphatic heterocycles. The Kier molecular flexibility index (Phi) is 3.96. The summed E-state index contributed by atoms with van der Waals surface area (Å²) >= 11 is 1.58. The molecule has 0 bridgehead atoms. The Balaban J connectivity index is 2.17. The number of nitrogens with one attached hydrogen (secondary N) is 1. The largest absolute Gasteiger partial charge is 0.389 e. The highest BCUT2D eigenvalue weighted by atomic mass is 32.1. The van der Waals surface area contributed by atoms with Crippen molar-refractivity contribution in [2.24, 2.45) is 7.05 Å². The number of carbonyl (C=O) groups is 1. The minimum absolute atomic E-state index is 0.201. The summed E-state index contributed by atoms with van der Waals surface area (Å²) in [4.78, 5) is 16.5. The number of amides is 1. The zero-order valence-electron chi connectivity index (χ0n) is 12.1. The third-order valence-electron chi connectivity index (χ3n) is 2.83. The van der Waals surface area contributed by atoms with Crippen LogP contribution in [0.25, 0.3) is 11.3 Å². The van der Waals surface area contributed by atoms with Crippen LogP contribution in [0.5, 0.6) is 0 Å². The molecular weight excluding hydrogens is 274 g/mol. The summed E-state index contributed by atoms with van der Waals surface area (Å²) in [7, 11) is 1.82. The molecule has 6 heteroatoms. The number of aryl methyl sites for hydroxylation is 2. The van der Waals surface area contributed by atoms with E-state index >= 15 is 0 Å². The fourth-order valence-electron chi connectivity index (χ4n) is 1.81. The summed E-state index contributed by atoms with van der Waals surface area (Å²) in [5.74, 6) is -0.201. The van der Waals surface area contributed by atoms with Gasteiger partial charge in [-0.1, -0.05) is 0 Å². The van der Waals surface area contributed by atoms with Gasteiger partial charge >= 0.3 is 0 Å². The molecule has 2 N–H and O–H groups in total. The lowest BCUT2D eigenvalue weighted by Gasteiger charge is -2.17. The summed E-state index contributed by atoms with van der Waals surface area (Å²) in [6.45, 7) is 5.47. The maximum atomic E-state index is 12.1. The Labute approximate surface area is 122 Å². The molecule has 0 spiro atoms. The van der Waals surface area contributed by atoms with Gasteiger partial charge in [0.1, 0.15) is 5.69 Å². The van der Waals surface area contributed by atoms with Crippen LogP contribution in [0.3, 0.4) is 0 Å². The van der Waals surface area contributed by atoms with Gasteiger partial charge in [0, 0.05) is 30.7 Å². The van der Waals surface area contributed by atoms with Gasteiger partial charge in [0.15, 0.2) is 0 Å². The van der Waals surface area contributed by atoms with E-state index in [9.17, 15) is 9.90 Å². The highest BCUT2D eigenvalue weighted by Crippen LogP contribution is 2.23. The van der Waals surface area contributed by atoms with Crippen LogP contribution in [-0.4, -0.2) is 32.7 Å². The average Bonchev–Trinajstić information content (AvgIpc) is 2.91. The highest BCUT2D eigenvalue weighted by molar-refractivity contribution is 7.09. The number of carbonyl (C=O) groups excluding carboxylic acids is 1. The molecule has 5 nitrogen and oxygen atoms in total. The number of nitrogens with zero attached hydrogens (tertiary/aromatic N) is 2. The van der Waals surface area contributed by atoms with Crippen LogP contribution < -0.4 is 5.32 Å². The van der Waals surface area contributed by atoms with Crippen LogP contribution in [0.15, 0.2) is 17.6 Å². The summed E-state index contributed by atoms with van der Waals surface area (Å²) in [5, 5.41) is 15.3. The standard InChI is InChI=1S/C14H19N3O2S/c1-9-16-11(7-20-9)10-5-12(17(4)6-10)13(18)15-8-14(2,3)19/h5-7,19H,8H2,1-4H3,(H,15,18). The van der Waals surface area contributed by atoms with Crippen LogP contribution in [0.1, 0.15) is 29.3 Å². The molecule has 1 amide bonds. The number of thiazole rings is 1. The molecule has 2 rings (SSSR count). The summed E-state index contributed by atoms with van der Waals surface area (Å²) in [5.41, 5.74) is 1.43. The van der Waals surface area contributed by atoms with Crippen molar-refractivity contribution in [1.29, 1.82) is 0 Å². The Morgan fingerprint density at radius 2 is 2.25 bits per heavy atom. The number of hydrogen-bond acceptors (Lipinski definition) is 4. The Morgan fingerprint density at radius 3 is 2.80 bits per heavy atom. The van der Waals surface area contributed by atoms with Crippen molar-refractivity contribution < 1.29 is 9.90 Å². The van der Waals surface area contributed by atoms with Gasteiger partial charge in [-0.2, -0.15) is 0 Å². The number of aliphatic hydroxyl groups is 1. The van der Waals surface area contributed by atoms with Crippen molar-refractivity contribution in [1.82, 2.24) is 14.9 Å². The van der Waals surface area contributed by atoms with E-state index in [1.165, 1.54) is 0 Å². The lowest BCUT2D eigenvalue weighted by atomic mass is 10.1. The minimum Gasteiger partial charge on any atom is -0.389 e. The molecule has 0 fully saturated rings. The normalized spacial score (nSPS) is 11.7. The van der Waals surface area contributed by atoms with E-state index in [4.69, 9.17) is 0 Å². The molecule has 108 valence electrons. The Bertz CT molecular complexity index is 623. The summed E-state index contributed by atoms with van der Waals surface area (Å²) < 4.78 is 1.77. The van der Waals surface area contributed by atoms with Crippen molar-refractivity contribution in [3.63, 3.8) is 0 Å². The molecular formula is C14H19N3O2S. The number of aromatic nitrogens is 2. The van der Waals surface area contributed by atoms with Crippen molar-refractivity contribution in [2.75, 3.05) is 6.54 Å². The molecule has 0 aromatic carbocycles. The molecule has 0 atom stereocenters. The molecule has 0 aliphatic rings. The molecule has 0 radical (unpaired) electrons. The van der Waals surface area contributed by atoms with E-state index in [1.807, 2.05) is 31.6 Å². The second kappa shape index (κ2) is 5.38. The van der Waals surface area contributed by atoms with Crippen molar-refractivity contribution in [3.05, 3.63) is 28.3 Å². The van der Waals surface area contributed by atoms with Crippen LogP contribution in [0, 0.1) is 6.92 Å². The van der Waals surface area contributed by atoms with Gasteiger partial charge in [0.2, 0.25) is 0 Å². The van der Waals surface area contributed by atoms with Crippen molar-refractivity contribution in [3.8, 4) is 11.3 Å². The highest BCUT2D eigenvalue weighted by Gasteiger charge is 2.17. The van der Waals surface area contributed by atoms with E-state index in [2.05, 4.69) is 10.3 Å². The van der Waals surface area contributed by atoms with E-state index in [1.54, 1.807) is 29.8 Å². The van der Waals surface area contributed by atoms with Gasteiger partial charge in [0.25, 0.3) is 5.91 Å². The molecule has 20 heavy (non-hydrogen) atoms. The van der Waals surface area contributed by atoms with E-state index < -0.39 is 5.60 Å². The monoisotopic (exact) mass is 293 g/mol.